The molecule has 0 fully saturated rings. The normalized spacial score (nSPS) is 13.7. The van der Waals surface area contributed by atoms with Gasteiger partial charge in [0.1, 0.15) is 5.84 Å². The first-order chi connectivity index (χ1) is 13.5. The molecule has 0 unspecified atom stereocenters. The number of nitrogens with one attached hydrogen (secondary N) is 2. The molecule has 2 N–H and O–H groups in total. The maximum atomic E-state index is 12.5. The van der Waals surface area contributed by atoms with E-state index >= 15 is 0 Å². The Morgan fingerprint density at radius 2 is 1.93 bits per heavy atom. The Morgan fingerprint density at radius 1 is 1.14 bits per heavy atom. The molecule has 2 aromatic carbocycles. The molecule has 0 saturated heterocycles. The number of amides is 1. The molecule has 0 radical (unpaired) electrons. The lowest BCUT2D eigenvalue weighted by Gasteiger charge is -2.22. The lowest BCUT2D eigenvalue weighted by atomic mass is 10.2. The van der Waals surface area contributed by atoms with Crippen LogP contribution in [-0.4, -0.2) is 39.8 Å². The van der Waals surface area contributed by atoms with Gasteiger partial charge < -0.3 is 10.2 Å². The van der Waals surface area contributed by atoms with E-state index in [0.29, 0.717) is 31.0 Å². The number of sulfonamides is 1. The van der Waals surface area contributed by atoms with Gasteiger partial charge in [0.15, 0.2) is 0 Å². The van der Waals surface area contributed by atoms with Crippen LogP contribution in [0.4, 0.5) is 11.4 Å². The molecule has 1 aliphatic heterocycles. The van der Waals surface area contributed by atoms with E-state index in [1.165, 1.54) is 12.1 Å². The van der Waals surface area contributed by atoms with Crippen molar-refractivity contribution in [1.82, 2.24) is 4.72 Å². The molecule has 0 aromatic heterocycles. The van der Waals surface area contributed by atoms with Gasteiger partial charge in [0.25, 0.3) is 10.0 Å². The summed E-state index contributed by atoms with van der Waals surface area (Å²) in [5, 5.41) is 2.78. The van der Waals surface area contributed by atoms with Gasteiger partial charge in [-0.15, -0.1) is 0 Å². The molecular weight excluding hydrogens is 376 g/mol. The fourth-order valence-electron chi connectivity index (χ4n) is 2.98. The van der Waals surface area contributed by atoms with Crippen LogP contribution in [0.3, 0.4) is 0 Å². The van der Waals surface area contributed by atoms with Crippen molar-refractivity contribution in [1.29, 1.82) is 0 Å². The van der Waals surface area contributed by atoms with Crippen molar-refractivity contribution in [2.75, 3.05) is 29.9 Å². The minimum atomic E-state index is -3.72. The number of aliphatic imine (C=N–C) groups is 1. The Morgan fingerprint density at radius 3 is 2.61 bits per heavy atom. The number of hydrogen-bond donors (Lipinski definition) is 2. The van der Waals surface area contributed by atoms with E-state index in [1.807, 2.05) is 42.2 Å². The average Bonchev–Trinajstić information content (AvgIpc) is 3.19. The number of amidine groups is 1. The molecule has 3 rings (SSSR count). The third kappa shape index (κ3) is 5.10. The van der Waals surface area contributed by atoms with E-state index in [4.69, 9.17) is 0 Å². The monoisotopic (exact) mass is 400 g/mol. The van der Waals surface area contributed by atoms with Crippen LogP contribution in [0.5, 0.6) is 0 Å². The molecule has 0 atom stereocenters. The van der Waals surface area contributed by atoms with Crippen molar-refractivity contribution in [3.05, 3.63) is 54.6 Å². The number of carbonyl (C=O) groups is 1. The van der Waals surface area contributed by atoms with Crippen LogP contribution in [0, 0.1) is 0 Å². The molecule has 0 spiro atoms. The second-order valence-corrected chi connectivity index (χ2v) is 8.15. The Hall–Kier alpha value is -2.87. The van der Waals surface area contributed by atoms with Crippen LogP contribution in [0.25, 0.3) is 0 Å². The molecular formula is C20H24N4O3S. The molecule has 7 nitrogen and oxygen atoms in total. The van der Waals surface area contributed by atoms with Gasteiger partial charge in [-0.1, -0.05) is 24.3 Å². The van der Waals surface area contributed by atoms with E-state index in [-0.39, 0.29) is 17.3 Å². The van der Waals surface area contributed by atoms with Crippen LogP contribution in [0.15, 0.2) is 64.5 Å². The maximum absolute atomic E-state index is 12.5. The van der Waals surface area contributed by atoms with E-state index < -0.39 is 10.0 Å². The van der Waals surface area contributed by atoms with Gasteiger partial charge in [-0.05, 0) is 43.7 Å². The van der Waals surface area contributed by atoms with Crippen LogP contribution in [0.1, 0.15) is 19.8 Å². The summed E-state index contributed by atoms with van der Waals surface area (Å²) in [7, 11) is -3.72. The van der Waals surface area contributed by atoms with Crippen molar-refractivity contribution in [2.24, 2.45) is 4.99 Å². The second kappa shape index (κ2) is 8.88. The molecule has 28 heavy (non-hydrogen) atoms. The highest BCUT2D eigenvalue weighted by atomic mass is 32.2. The first kappa shape index (κ1) is 19.9. The highest BCUT2D eigenvalue weighted by Crippen LogP contribution is 2.17. The highest BCUT2D eigenvalue weighted by molar-refractivity contribution is 7.90. The number of benzene rings is 2. The predicted octanol–water partition coefficient (Wildman–Crippen LogP) is 2.62. The number of likely N-dealkylation sites (N-methyl/N-ethyl adjacent to an activating group) is 1. The van der Waals surface area contributed by atoms with Crippen molar-refractivity contribution in [3.63, 3.8) is 0 Å². The Bertz CT molecular complexity index is 958. The average molecular weight is 401 g/mol. The Balaban J connectivity index is 1.67. The van der Waals surface area contributed by atoms with Crippen molar-refractivity contribution < 1.29 is 13.2 Å². The highest BCUT2D eigenvalue weighted by Gasteiger charge is 2.19. The van der Waals surface area contributed by atoms with Gasteiger partial charge in [0, 0.05) is 30.9 Å². The first-order valence-electron chi connectivity index (χ1n) is 9.24. The minimum absolute atomic E-state index is 0.0929. The summed E-state index contributed by atoms with van der Waals surface area (Å²) in [5.41, 5.74) is 1.39. The smallest absolute Gasteiger partial charge is 0.262 e. The molecule has 148 valence electrons. The number of rotatable bonds is 7. The lowest BCUT2D eigenvalue weighted by Crippen LogP contribution is -2.33. The molecule has 8 heteroatoms. The summed E-state index contributed by atoms with van der Waals surface area (Å²) in [6.45, 7) is 3.47. The minimum Gasteiger partial charge on any atom is -0.362 e. The molecule has 0 bridgehead atoms. The van der Waals surface area contributed by atoms with E-state index in [1.54, 1.807) is 12.1 Å². The van der Waals surface area contributed by atoms with Gasteiger partial charge in [0.2, 0.25) is 5.91 Å². The zero-order valence-corrected chi connectivity index (χ0v) is 16.6. The summed E-state index contributed by atoms with van der Waals surface area (Å²) in [6.07, 6.45) is 1.48. The molecule has 0 aliphatic carbocycles. The van der Waals surface area contributed by atoms with Crippen LogP contribution < -0.4 is 14.9 Å². The number of carbonyl (C=O) groups excluding carboxylic acids is 1. The summed E-state index contributed by atoms with van der Waals surface area (Å²) in [4.78, 5) is 18.6. The van der Waals surface area contributed by atoms with Crippen molar-refractivity contribution in [3.8, 4) is 0 Å². The molecule has 2 aromatic rings. The standard InChI is InChI=1S/C20H24N4O3S/c1-2-24(17-9-4-3-5-10-17)15-20(25)22-16-8-6-11-18(14-16)28(26,27)23-19-12-7-13-21-19/h3-6,8-11,14H,2,7,12-13,15H2,1H3,(H,21,23)(H,22,25). The molecule has 1 amide bonds. The fraction of sp³-hybridized carbons (Fsp3) is 0.300. The molecule has 0 saturated carbocycles. The van der Waals surface area contributed by atoms with Crippen molar-refractivity contribution in [2.45, 2.75) is 24.7 Å². The number of para-hydroxylation sites is 1. The van der Waals surface area contributed by atoms with Crippen LogP contribution >= 0.6 is 0 Å². The van der Waals surface area contributed by atoms with Gasteiger partial charge in [-0.3, -0.25) is 14.5 Å². The van der Waals surface area contributed by atoms with Gasteiger partial charge >= 0.3 is 0 Å². The number of hydrogen-bond acceptors (Lipinski definition) is 5. The van der Waals surface area contributed by atoms with E-state index in [9.17, 15) is 13.2 Å². The summed E-state index contributed by atoms with van der Waals surface area (Å²) in [6, 6.07) is 15.9. The Labute approximate surface area is 165 Å². The third-order valence-corrected chi connectivity index (χ3v) is 5.77. The number of anilines is 2. The fourth-order valence-corrected chi connectivity index (χ4v) is 4.11. The molecule has 1 aliphatic rings. The number of nitrogens with zero attached hydrogens (tertiary/aromatic N) is 2. The lowest BCUT2D eigenvalue weighted by molar-refractivity contribution is -0.115. The second-order valence-electron chi connectivity index (χ2n) is 6.46. The Kier molecular flexibility index (Phi) is 6.30. The topological polar surface area (TPSA) is 90.9 Å². The predicted molar refractivity (Wildman–Crippen MR) is 111 cm³/mol. The van der Waals surface area contributed by atoms with Gasteiger partial charge in [0.05, 0.1) is 11.4 Å². The van der Waals surface area contributed by atoms with Gasteiger partial charge in [-0.25, -0.2) is 8.42 Å². The van der Waals surface area contributed by atoms with E-state index in [0.717, 1.165) is 12.1 Å². The zero-order chi connectivity index (χ0) is 20.0. The summed E-state index contributed by atoms with van der Waals surface area (Å²) < 4.78 is 27.6. The van der Waals surface area contributed by atoms with Crippen molar-refractivity contribution >= 4 is 33.1 Å². The largest absolute Gasteiger partial charge is 0.362 e. The summed E-state index contributed by atoms with van der Waals surface area (Å²) >= 11 is 0. The summed E-state index contributed by atoms with van der Waals surface area (Å²) in [5.74, 6) is 0.268. The van der Waals surface area contributed by atoms with Crippen LogP contribution in [-0.2, 0) is 14.8 Å². The van der Waals surface area contributed by atoms with E-state index in [2.05, 4.69) is 15.0 Å². The zero-order valence-electron chi connectivity index (χ0n) is 15.8. The quantitative estimate of drug-likeness (QED) is 0.747. The maximum Gasteiger partial charge on any atom is 0.262 e. The van der Waals surface area contributed by atoms with Crippen LogP contribution in [0.2, 0.25) is 0 Å². The SMILES string of the molecule is CCN(CC(=O)Nc1cccc(S(=O)(=O)NC2=NCCC2)c1)c1ccccc1. The first-order valence-corrected chi connectivity index (χ1v) is 10.7. The molecule has 1 heterocycles. The van der Waals surface area contributed by atoms with Gasteiger partial charge in [-0.2, -0.15) is 0 Å². The third-order valence-electron chi connectivity index (χ3n) is 4.39.